The van der Waals surface area contributed by atoms with Gasteiger partial charge in [0.15, 0.2) is 21.7 Å². The summed E-state index contributed by atoms with van der Waals surface area (Å²) in [6, 6.07) is 8.75. The average Bonchev–Trinajstić information content (AvgIpc) is 3.30. The number of methoxy groups -OCH3 is 1. The smallest absolute Gasteiger partial charge is 0.363 e. The molecule has 1 aromatic heterocycles. The van der Waals surface area contributed by atoms with Gasteiger partial charge >= 0.3 is 5.97 Å². The van der Waals surface area contributed by atoms with Crippen LogP contribution in [0.4, 0.5) is 0 Å². The Morgan fingerprint density at radius 3 is 2.55 bits per heavy atom. The van der Waals surface area contributed by atoms with E-state index in [-0.39, 0.29) is 22.9 Å². The largest absolute Gasteiger partial charge is 0.493 e. The lowest BCUT2D eigenvalue weighted by Gasteiger charge is -2.26. The standard InChI is InChI=1S/C19H23N3O6S/c1-13(18(23)21(2)15-9-10-29(25,26)12-15)28-19(24)17-16(27-3)11-22(20-17)14-7-5-4-6-8-14/h4-8,11,13,15H,9-10,12H2,1-3H3/t13-,15+/m0/s1. The van der Waals surface area contributed by atoms with Crippen molar-refractivity contribution >= 4 is 21.7 Å². The molecule has 2 aromatic rings. The second-order valence-corrected chi connectivity index (χ2v) is 9.11. The molecular formula is C19H23N3O6S. The van der Waals surface area contributed by atoms with E-state index < -0.39 is 33.9 Å². The summed E-state index contributed by atoms with van der Waals surface area (Å²) in [6.07, 6.45) is 0.830. The molecule has 0 radical (unpaired) electrons. The number of carbonyl (C=O) groups excluding carboxylic acids is 2. The zero-order chi connectivity index (χ0) is 21.2. The summed E-state index contributed by atoms with van der Waals surface area (Å²) in [7, 11) is -0.204. The number of para-hydroxylation sites is 1. The van der Waals surface area contributed by atoms with Crippen molar-refractivity contribution in [1.82, 2.24) is 14.7 Å². The minimum absolute atomic E-state index is 0.0532. The Kier molecular flexibility index (Phi) is 5.92. The van der Waals surface area contributed by atoms with Gasteiger partial charge in [-0.1, -0.05) is 18.2 Å². The first-order chi connectivity index (χ1) is 13.7. The molecule has 0 saturated carbocycles. The van der Waals surface area contributed by atoms with E-state index in [2.05, 4.69) is 5.10 Å². The summed E-state index contributed by atoms with van der Waals surface area (Å²) in [6.45, 7) is 1.45. The predicted molar refractivity (Wildman–Crippen MR) is 105 cm³/mol. The van der Waals surface area contributed by atoms with Gasteiger partial charge in [-0.3, -0.25) is 4.79 Å². The van der Waals surface area contributed by atoms with E-state index in [0.29, 0.717) is 6.42 Å². The third-order valence-electron chi connectivity index (χ3n) is 4.85. The number of aromatic nitrogens is 2. The van der Waals surface area contributed by atoms with E-state index in [9.17, 15) is 18.0 Å². The van der Waals surface area contributed by atoms with Crippen molar-refractivity contribution in [3.63, 3.8) is 0 Å². The molecule has 0 spiro atoms. The van der Waals surface area contributed by atoms with Gasteiger partial charge in [-0.05, 0) is 25.5 Å². The van der Waals surface area contributed by atoms with Gasteiger partial charge in [-0.2, -0.15) is 5.10 Å². The number of rotatable bonds is 6. The molecule has 0 N–H and O–H groups in total. The number of likely N-dealkylation sites (N-methyl/N-ethyl adjacent to an activating group) is 1. The molecular weight excluding hydrogens is 398 g/mol. The van der Waals surface area contributed by atoms with Gasteiger partial charge < -0.3 is 14.4 Å². The maximum absolute atomic E-state index is 12.6. The summed E-state index contributed by atoms with van der Waals surface area (Å²) in [4.78, 5) is 26.5. The maximum atomic E-state index is 12.6. The lowest BCUT2D eigenvalue weighted by Crippen LogP contribution is -2.44. The average molecular weight is 421 g/mol. The molecule has 0 aliphatic carbocycles. The molecule has 29 heavy (non-hydrogen) atoms. The summed E-state index contributed by atoms with van der Waals surface area (Å²) >= 11 is 0. The summed E-state index contributed by atoms with van der Waals surface area (Å²) in [5.74, 6) is -1.08. The van der Waals surface area contributed by atoms with E-state index in [1.54, 1.807) is 6.20 Å². The topological polar surface area (TPSA) is 108 Å². The SMILES string of the molecule is COc1cn(-c2ccccc2)nc1C(=O)O[C@@H](C)C(=O)N(C)[C@@H]1CCS(=O)(=O)C1. The second-order valence-electron chi connectivity index (χ2n) is 6.88. The fourth-order valence-electron chi connectivity index (χ4n) is 3.18. The van der Waals surface area contributed by atoms with Gasteiger partial charge in [0, 0.05) is 13.1 Å². The number of sulfone groups is 1. The molecule has 156 valence electrons. The van der Waals surface area contributed by atoms with Crippen molar-refractivity contribution in [3.05, 3.63) is 42.2 Å². The van der Waals surface area contributed by atoms with E-state index in [1.165, 1.54) is 30.7 Å². The van der Waals surface area contributed by atoms with Gasteiger partial charge in [0.25, 0.3) is 5.91 Å². The maximum Gasteiger partial charge on any atom is 0.363 e. The molecule has 3 rings (SSSR count). The number of benzene rings is 1. The van der Waals surface area contributed by atoms with Crippen LogP contribution in [0.1, 0.15) is 23.8 Å². The van der Waals surface area contributed by atoms with E-state index in [1.807, 2.05) is 30.3 Å². The van der Waals surface area contributed by atoms with Crippen LogP contribution in [0.2, 0.25) is 0 Å². The number of esters is 1. The second kappa shape index (κ2) is 8.24. The molecule has 1 aromatic carbocycles. The van der Waals surface area contributed by atoms with Crippen LogP contribution in [0.3, 0.4) is 0 Å². The van der Waals surface area contributed by atoms with Gasteiger partial charge in [-0.25, -0.2) is 17.9 Å². The van der Waals surface area contributed by atoms with E-state index in [4.69, 9.17) is 9.47 Å². The fraction of sp³-hybridized carbons (Fsp3) is 0.421. The van der Waals surface area contributed by atoms with Crippen LogP contribution in [0.15, 0.2) is 36.5 Å². The highest BCUT2D eigenvalue weighted by atomic mass is 32.2. The molecule has 1 aliphatic rings. The quantitative estimate of drug-likeness (QED) is 0.642. The van der Waals surface area contributed by atoms with Gasteiger partial charge in [-0.15, -0.1) is 0 Å². The van der Waals surface area contributed by atoms with Gasteiger partial charge in [0.1, 0.15) is 0 Å². The first-order valence-corrected chi connectivity index (χ1v) is 10.9. The Labute approximate surface area is 169 Å². The summed E-state index contributed by atoms with van der Waals surface area (Å²) < 4.78 is 35.3. The fourth-order valence-corrected chi connectivity index (χ4v) is 4.95. The minimum atomic E-state index is -3.13. The van der Waals surface area contributed by atoms with E-state index in [0.717, 1.165) is 5.69 Å². The number of carbonyl (C=O) groups is 2. The summed E-state index contributed by atoms with van der Waals surface area (Å²) in [5.41, 5.74) is 0.679. The third-order valence-corrected chi connectivity index (χ3v) is 6.60. The number of nitrogens with zero attached hydrogens (tertiary/aromatic N) is 3. The Morgan fingerprint density at radius 1 is 1.28 bits per heavy atom. The first kappa shape index (κ1) is 20.8. The molecule has 1 fully saturated rings. The van der Waals surface area contributed by atoms with E-state index >= 15 is 0 Å². The van der Waals surface area contributed by atoms with Crippen LogP contribution in [-0.2, 0) is 19.4 Å². The van der Waals surface area contributed by atoms with Crippen LogP contribution >= 0.6 is 0 Å². The molecule has 0 unspecified atom stereocenters. The predicted octanol–water partition coefficient (Wildman–Crippen LogP) is 1.07. The molecule has 2 heterocycles. The highest BCUT2D eigenvalue weighted by Crippen LogP contribution is 2.22. The first-order valence-electron chi connectivity index (χ1n) is 9.09. The zero-order valence-corrected chi connectivity index (χ0v) is 17.3. The molecule has 1 saturated heterocycles. The number of ether oxygens (including phenoxy) is 2. The van der Waals surface area contributed by atoms with Gasteiger partial charge in [0.05, 0.1) is 30.5 Å². The van der Waals surface area contributed by atoms with Gasteiger partial charge in [0.2, 0.25) is 5.69 Å². The monoisotopic (exact) mass is 421 g/mol. The summed E-state index contributed by atoms with van der Waals surface area (Å²) in [5, 5.41) is 4.22. The van der Waals surface area contributed by atoms with Crippen molar-refractivity contribution in [2.75, 3.05) is 25.7 Å². The highest BCUT2D eigenvalue weighted by molar-refractivity contribution is 7.91. The van der Waals surface area contributed by atoms with Crippen molar-refractivity contribution in [1.29, 1.82) is 0 Å². The van der Waals surface area contributed by atoms with Crippen LogP contribution < -0.4 is 4.74 Å². The number of hydrogen-bond donors (Lipinski definition) is 0. The minimum Gasteiger partial charge on any atom is -0.493 e. The number of amides is 1. The molecule has 2 atom stereocenters. The van der Waals surface area contributed by atoms with Crippen molar-refractivity contribution < 1.29 is 27.5 Å². The molecule has 1 amide bonds. The molecule has 9 nitrogen and oxygen atoms in total. The molecule has 1 aliphatic heterocycles. The van der Waals surface area contributed by atoms with Crippen molar-refractivity contribution in [3.8, 4) is 11.4 Å². The normalized spacial score (nSPS) is 18.8. The Balaban J connectivity index is 1.71. The number of hydrogen-bond acceptors (Lipinski definition) is 7. The zero-order valence-electron chi connectivity index (χ0n) is 16.4. The molecule has 10 heteroatoms. The lowest BCUT2D eigenvalue weighted by molar-refractivity contribution is -0.140. The Morgan fingerprint density at radius 2 is 1.97 bits per heavy atom. The van der Waals surface area contributed by atoms with Crippen molar-refractivity contribution in [2.24, 2.45) is 0 Å². The van der Waals surface area contributed by atoms with Crippen LogP contribution in [0, 0.1) is 0 Å². The molecule has 0 bridgehead atoms. The highest BCUT2D eigenvalue weighted by Gasteiger charge is 2.35. The third kappa shape index (κ3) is 4.58. The lowest BCUT2D eigenvalue weighted by atomic mass is 10.2. The Hall–Kier alpha value is -2.88. The van der Waals surface area contributed by atoms with Crippen LogP contribution in [0.5, 0.6) is 5.75 Å². The van der Waals surface area contributed by atoms with Crippen LogP contribution in [0.25, 0.3) is 5.69 Å². The van der Waals surface area contributed by atoms with Crippen molar-refractivity contribution in [2.45, 2.75) is 25.5 Å². The Bertz CT molecular complexity index is 1000. The van der Waals surface area contributed by atoms with Crippen LogP contribution in [-0.4, -0.2) is 72.8 Å².